The maximum absolute atomic E-state index is 12.1. The van der Waals surface area contributed by atoms with Gasteiger partial charge in [0.15, 0.2) is 0 Å². The van der Waals surface area contributed by atoms with Gasteiger partial charge in [-0.25, -0.2) is 13.1 Å². The summed E-state index contributed by atoms with van der Waals surface area (Å²) in [5.74, 6) is -0.103. The van der Waals surface area contributed by atoms with Crippen molar-refractivity contribution in [2.75, 3.05) is 32.5 Å². The van der Waals surface area contributed by atoms with Gasteiger partial charge in [0, 0.05) is 12.2 Å². The van der Waals surface area contributed by atoms with Crippen molar-refractivity contribution in [2.45, 2.75) is 17.7 Å². The van der Waals surface area contributed by atoms with Crippen molar-refractivity contribution in [1.29, 1.82) is 0 Å². The molecule has 0 spiro atoms. The highest BCUT2D eigenvalue weighted by Gasteiger charge is 2.21. The van der Waals surface area contributed by atoms with Crippen LogP contribution in [-0.4, -0.2) is 46.4 Å². The predicted molar refractivity (Wildman–Crippen MR) is 77.1 cm³/mol. The first-order chi connectivity index (χ1) is 9.38. The smallest absolute Gasteiger partial charge is 0.240 e. The molecule has 1 amide bonds. The van der Waals surface area contributed by atoms with Crippen LogP contribution in [0.25, 0.3) is 0 Å². The van der Waals surface area contributed by atoms with Gasteiger partial charge in [-0.1, -0.05) is 0 Å². The Morgan fingerprint density at radius 1 is 1.35 bits per heavy atom. The molecule has 0 unspecified atom stereocenters. The molecule has 1 aromatic carbocycles. The maximum atomic E-state index is 12.1. The number of hydrogen-bond donors (Lipinski definition) is 2. The fourth-order valence-electron chi connectivity index (χ4n) is 2.06. The fraction of sp³-hybridized carbons (Fsp3) is 0.462. The van der Waals surface area contributed by atoms with E-state index in [4.69, 9.17) is 0 Å². The van der Waals surface area contributed by atoms with Crippen molar-refractivity contribution in [1.82, 2.24) is 9.62 Å². The molecule has 0 radical (unpaired) electrons. The summed E-state index contributed by atoms with van der Waals surface area (Å²) in [6.07, 6.45) is 0.983. The number of carbonyl (C=O) groups is 1. The molecule has 2 N–H and O–H groups in total. The lowest BCUT2D eigenvalue weighted by Gasteiger charge is -2.11. The van der Waals surface area contributed by atoms with E-state index in [9.17, 15) is 13.2 Å². The van der Waals surface area contributed by atoms with Crippen molar-refractivity contribution in [2.24, 2.45) is 0 Å². The third kappa shape index (κ3) is 3.56. The number of nitrogens with zero attached hydrogens (tertiary/aromatic N) is 1. The second-order valence-corrected chi connectivity index (χ2v) is 6.87. The van der Waals surface area contributed by atoms with E-state index in [1.165, 1.54) is 6.07 Å². The van der Waals surface area contributed by atoms with Crippen LogP contribution in [0.15, 0.2) is 23.1 Å². The molecule has 1 aromatic rings. The summed E-state index contributed by atoms with van der Waals surface area (Å²) in [4.78, 5) is 13.5. The Bertz CT molecular complexity index is 611. The second kappa shape index (κ2) is 5.90. The van der Waals surface area contributed by atoms with Crippen LogP contribution in [0.5, 0.6) is 0 Å². The van der Waals surface area contributed by atoms with Gasteiger partial charge in [0.2, 0.25) is 15.9 Å². The van der Waals surface area contributed by atoms with Crippen molar-refractivity contribution in [3.63, 3.8) is 0 Å². The van der Waals surface area contributed by atoms with Gasteiger partial charge in [-0.05, 0) is 50.8 Å². The van der Waals surface area contributed by atoms with Crippen LogP contribution in [0.2, 0.25) is 0 Å². The van der Waals surface area contributed by atoms with E-state index in [2.05, 4.69) is 10.0 Å². The highest BCUT2D eigenvalue weighted by molar-refractivity contribution is 7.89. The lowest BCUT2D eigenvalue weighted by molar-refractivity contribution is -0.115. The van der Waals surface area contributed by atoms with Gasteiger partial charge < -0.3 is 10.2 Å². The molecule has 6 nitrogen and oxygen atoms in total. The summed E-state index contributed by atoms with van der Waals surface area (Å²) < 4.78 is 26.8. The third-order valence-corrected chi connectivity index (χ3v) is 4.54. The number of sulfonamides is 1. The van der Waals surface area contributed by atoms with E-state index in [1.54, 1.807) is 12.1 Å². The molecule has 0 fully saturated rings. The normalized spacial score (nSPS) is 14.4. The highest BCUT2D eigenvalue weighted by Crippen LogP contribution is 2.25. The highest BCUT2D eigenvalue weighted by atomic mass is 32.2. The van der Waals surface area contributed by atoms with Gasteiger partial charge in [-0.2, -0.15) is 0 Å². The number of carbonyl (C=O) groups excluding carboxylic acids is 1. The maximum Gasteiger partial charge on any atom is 0.240 e. The number of hydrogen-bond acceptors (Lipinski definition) is 4. The lowest BCUT2D eigenvalue weighted by atomic mass is 10.2. The third-order valence-electron chi connectivity index (χ3n) is 3.09. The quantitative estimate of drug-likeness (QED) is 0.746. The summed E-state index contributed by atoms with van der Waals surface area (Å²) in [5.41, 5.74) is 1.42. The van der Waals surface area contributed by atoms with Crippen LogP contribution in [-0.2, 0) is 21.2 Å². The lowest BCUT2D eigenvalue weighted by Crippen LogP contribution is -2.27. The van der Waals surface area contributed by atoms with E-state index in [0.29, 0.717) is 12.2 Å². The number of amides is 1. The largest absolute Gasteiger partial charge is 0.326 e. The number of anilines is 1. The molecule has 0 saturated heterocycles. The van der Waals surface area contributed by atoms with Crippen LogP contribution in [0.1, 0.15) is 12.0 Å². The molecule has 2 rings (SSSR count). The average molecular weight is 297 g/mol. The molecule has 0 aromatic heterocycles. The topological polar surface area (TPSA) is 78.5 Å². The first-order valence-electron chi connectivity index (χ1n) is 6.46. The first-order valence-corrected chi connectivity index (χ1v) is 7.94. The summed E-state index contributed by atoms with van der Waals surface area (Å²) in [7, 11) is 0.382. The van der Waals surface area contributed by atoms with Crippen molar-refractivity contribution < 1.29 is 13.2 Å². The average Bonchev–Trinajstić information content (AvgIpc) is 2.73. The number of benzene rings is 1. The monoisotopic (exact) mass is 297 g/mol. The summed E-state index contributed by atoms with van der Waals surface area (Å²) in [6.45, 7) is 1.22. The molecular formula is C13H19N3O3S. The van der Waals surface area contributed by atoms with Crippen LogP contribution in [0.3, 0.4) is 0 Å². The first kappa shape index (κ1) is 15.0. The second-order valence-electron chi connectivity index (χ2n) is 5.10. The van der Waals surface area contributed by atoms with Crippen LogP contribution in [0, 0.1) is 0 Å². The molecule has 1 aliphatic rings. The van der Waals surface area contributed by atoms with E-state index in [0.717, 1.165) is 18.5 Å². The number of fused-ring (bicyclic) bond motifs is 1. The Kier molecular flexibility index (Phi) is 4.42. The van der Waals surface area contributed by atoms with Gasteiger partial charge in [0.1, 0.15) is 0 Å². The number of nitrogens with one attached hydrogen (secondary N) is 2. The van der Waals surface area contributed by atoms with Crippen LogP contribution in [0.4, 0.5) is 5.69 Å². The van der Waals surface area contributed by atoms with Crippen molar-refractivity contribution >= 4 is 21.6 Å². The Morgan fingerprint density at radius 3 is 2.80 bits per heavy atom. The van der Waals surface area contributed by atoms with E-state index in [-0.39, 0.29) is 17.2 Å². The molecule has 1 aliphatic heterocycles. The molecule has 1 heterocycles. The van der Waals surface area contributed by atoms with Crippen LogP contribution < -0.4 is 10.0 Å². The molecular weight excluding hydrogens is 278 g/mol. The molecule has 0 bridgehead atoms. The minimum atomic E-state index is -3.50. The Balaban J connectivity index is 2.03. The zero-order valence-corrected chi connectivity index (χ0v) is 12.5. The number of rotatable bonds is 6. The zero-order chi connectivity index (χ0) is 14.8. The van der Waals surface area contributed by atoms with Crippen LogP contribution >= 0.6 is 0 Å². The summed E-state index contributed by atoms with van der Waals surface area (Å²) in [5, 5.41) is 2.68. The molecule has 0 atom stereocenters. The van der Waals surface area contributed by atoms with E-state index >= 15 is 0 Å². The summed E-state index contributed by atoms with van der Waals surface area (Å²) in [6, 6.07) is 4.70. The fourth-order valence-corrected chi connectivity index (χ4v) is 3.18. The molecule has 7 heteroatoms. The van der Waals surface area contributed by atoms with Crippen molar-refractivity contribution in [3.8, 4) is 0 Å². The van der Waals surface area contributed by atoms with Gasteiger partial charge in [0.25, 0.3) is 0 Å². The zero-order valence-electron chi connectivity index (χ0n) is 11.6. The molecule has 110 valence electrons. The molecule has 20 heavy (non-hydrogen) atoms. The van der Waals surface area contributed by atoms with Crippen molar-refractivity contribution in [3.05, 3.63) is 23.8 Å². The minimum Gasteiger partial charge on any atom is -0.326 e. The van der Waals surface area contributed by atoms with Gasteiger partial charge in [-0.3, -0.25) is 4.79 Å². The SMILES string of the molecule is CN(C)CCCNS(=O)(=O)c1ccc2c(c1)CC(=O)N2. The Morgan fingerprint density at radius 2 is 2.10 bits per heavy atom. The van der Waals surface area contributed by atoms with Gasteiger partial charge in [-0.15, -0.1) is 0 Å². The van der Waals surface area contributed by atoms with E-state index < -0.39 is 10.0 Å². The summed E-state index contributed by atoms with van der Waals surface area (Å²) >= 11 is 0. The predicted octanol–water partition coefficient (Wildman–Crippen LogP) is 0.411. The standard InChI is InChI=1S/C13H19N3O3S/c1-16(2)7-3-6-14-20(18,19)11-4-5-12-10(8-11)9-13(17)15-12/h4-5,8,14H,3,6-7,9H2,1-2H3,(H,15,17). The van der Waals surface area contributed by atoms with Gasteiger partial charge in [0.05, 0.1) is 11.3 Å². The molecule has 0 aliphatic carbocycles. The van der Waals surface area contributed by atoms with E-state index in [1.807, 2.05) is 19.0 Å². The Hall–Kier alpha value is -1.44. The van der Waals surface area contributed by atoms with Gasteiger partial charge >= 0.3 is 0 Å². The molecule has 0 saturated carbocycles. The Labute approximate surface area is 119 Å². The minimum absolute atomic E-state index is 0.103.